The Balaban J connectivity index is 1.68. The zero-order chi connectivity index (χ0) is 20.7. The molecule has 1 aromatic carbocycles. The van der Waals surface area contributed by atoms with Crippen molar-refractivity contribution < 1.29 is 27.0 Å². The molecule has 0 radical (unpaired) electrons. The van der Waals surface area contributed by atoms with Crippen LogP contribution in [0, 0.1) is 0 Å². The molecule has 12 heteroatoms. The summed E-state index contributed by atoms with van der Waals surface area (Å²) in [5.74, 6) is 0.819. The number of carbonyl (C=O) groups excluding carboxylic acids is 1. The molecular formula is C17H21F2N5O4S. The standard InChI is InChI=1S/C17H21F2N5O4S/c1-9(16(20)25)21-10-2-3-11-13(6-10)27-5-4-23-7-14(22-17(11)23)24-12(15(18)19)8-28-29(24)26/h2-3,6-7,9,12,15,21,26,29H,4-5,8H2,1H3,(H2,20,25)/t9-,12-/m0/s1. The molecule has 3 heterocycles. The number of nitrogens with two attached hydrogens (primary N) is 1. The molecule has 2 aromatic rings. The van der Waals surface area contributed by atoms with Crippen LogP contribution in [0.4, 0.5) is 20.3 Å². The summed E-state index contributed by atoms with van der Waals surface area (Å²) in [5, 5.41) is 2.99. The van der Waals surface area contributed by atoms with E-state index in [9.17, 15) is 18.1 Å². The lowest BCUT2D eigenvalue weighted by Gasteiger charge is -2.27. The fourth-order valence-corrected chi connectivity index (χ4v) is 4.33. The van der Waals surface area contributed by atoms with E-state index in [1.54, 1.807) is 35.9 Å². The Morgan fingerprint density at radius 1 is 1.48 bits per heavy atom. The highest BCUT2D eigenvalue weighted by atomic mass is 32.2. The van der Waals surface area contributed by atoms with E-state index < -0.39 is 36.1 Å². The lowest BCUT2D eigenvalue weighted by atomic mass is 10.1. The summed E-state index contributed by atoms with van der Waals surface area (Å²) < 4.78 is 50.5. The Hall–Kier alpha value is -2.57. The number of fused-ring (bicyclic) bond motifs is 3. The number of halogens is 2. The predicted octanol–water partition coefficient (Wildman–Crippen LogP) is 2.00. The van der Waals surface area contributed by atoms with Gasteiger partial charge in [-0.05, 0) is 19.1 Å². The van der Waals surface area contributed by atoms with Crippen molar-refractivity contribution in [3.8, 4) is 17.1 Å². The molecule has 158 valence electrons. The maximum absolute atomic E-state index is 13.3. The van der Waals surface area contributed by atoms with E-state index in [0.717, 1.165) is 4.31 Å². The van der Waals surface area contributed by atoms with Crippen molar-refractivity contribution in [3.63, 3.8) is 0 Å². The SMILES string of the molecule is C[C@H](Nc1ccc2c(c1)OCCn1cc(N3[C@H](C(F)F)CO[SH]3O)nc1-2)C(N)=O. The first kappa shape index (κ1) is 19.7. The van der Waals surface area contributed by atoms with Gasteiger partial charge in [0.25, 0.3) is 6.43 Å². The second-order valence-corrected chi connectivity index (χ2v) is 7.93. The number of carbonyl (C=O) groups is 1. The van der Waals surface area contributed by atoms with Crippen LogP contribution in [-0.2, 0) is 15.5 Å². The number of rotatable bonds is 5. The molecule has 0 bridgehead atoms. The monoisotopic (exact) mass is 429 g/mol. The molecule has 2 aliphatic rings. The molecule has 4 N–H and O–H groups in total. The van der Waals surface area contributed by atoms with Crippen LogP contribution in [0.1, 0.15) is 6.92 Å². The average molecular weight is 429 g/mol. The molecular weight excluding hydrogens is 408 g/mol. The number of aromatic nitrogens is 2. The van der Waals surface area contributed by atoms with Crippen molar-refractivity contribution in [3.05, 3.63) is 24.4 Å². The smallest absolute Gasteiger partial charge is 0.262 e. The van der Waals surface area contributed by atoms with Gasteiger partial charge in [0.05, 0.1) is 12.1 Å². The van der Waals surface area contributed by atoms with Gasteiger partial charge in [0, 0.05) is 18.0 Å². The molecule has 9 nitrogen and oxygen atoms in total. The number of benzene rings is 1. The Morgan fingerprint density at radius 2 is 2.28 bits per heavy atom. The molecule has 1 fully saturated rings. The Kier molecular flexibility index (Phi) is 5.23. The number of hydrogen-bond acceptors (Lipinski definition) is 7. The number of alkyl halides is 2. The van der Waals surface area contributed by atoms with Crippen LogP contribution < -0.4 is 20.1 Å². The fourth-order valence-electron chi connectivity index (χ4n) is 3.23. The van der Waals surface area contributed by atoms with Crippen LogP contribution in [0.25, 0.3) is 11.4 Å². The third-order valence-electron chi connectivity index (χ3n) is 4.77. The van der Waals surface area contributed by atoms with Gasteiger partial charge in [-0.1, -0.05) is 0 Å². The van der Waals surface area contributed by atoms with Crippen LogP contribution in [0.2, 0.25) is 0 Å². The summed E-state index contributed by atoms with van der Waals surface area (Å²) >= 11 is -2.17. The van der Waals surface area contributed by atoms with Crippen LogP contribution in [0.5, 0.6) is 5.75 Å². The number of amides is 1. The van der Waals surface area contributed by atoms with Gasteiger partial charge < -0.3 is 20.4 Å². The van der Waals surface area contributed by atoms with Gasteiger partial charge in [-0.15, -0.1) is 11.6 Å². The second-order valence-electron chi connectivity index (χ2n) is 6.74. The summed E-state index contributed by atoms with van der Waals surface area (Å²) in [6.45, 7) is 2.19. The number of nitrogens with one attached hydrogen (secondary N) is 1. The third kappa shape index (κ3) is 3.70. The van der Waals surface area contributed by atoms with Gasteiger partial charge in [0.15, 0.2) is 5.82 Å². The number of hydrogen-bond donors (Lipinski definition) is 4. The lowest BCUT2D eigenvalue weighted by molar-refractivity contribution is -0.118. The number of anilines is 2. The zero-order valence-corrected chi connectivity index (χ0v) is 16.4. The molecule has 1 aromatic heterocycles. The molecule has 0 saturated carbocycles. The maximum Gasteiger partial charge on any atom is 0.262 e. The molecule has 1 amide bonds. The average Bonchev–Trinajstić information content (AvgIpc) is 3.21. The normalized spacial score (nSPS) is 23.1. The highest BCUT2D eigenvalue weighted by molar-refractivity contribution is 8.09. The summed E-state index contributed by atoms with van der Waals surface area (Å²) in [4.78, 5) is 15.8. The summed E-state index contributed by atoms with van der Waals surface area (Å²) in [7, 11) is 0. The molecule has 1 saturated heterocycles. The molecule has 0 spiro atoms. The minimum atomic E-state index is -2.67. The van der Waals surface area contributed by atoms with E-state index in [4.69, 9.17) is 14.7 Å². The molecule has 2 aliphatic heterocycles. The van der Waals surface area contributed by atoms with Crippen molar-refractivity contribution in [2.45, 2.75) is 32.0 Å². The van der Waals surface area contributed by atoms with E-state index in [1.165, 1.54) is 0 Å². The topological polar surface area (TPSA) is 115 Å². The highest BCUT2D eigenvalue weighted by Crippen LogP contribution is 2.44. The molecule has 0 aliphatic carbocycles. The van der Waals surface area contributed by atoms with Crippen LogP contribution >= 0.6 is 11.6 Å². The van der Waals surface area contributed by atoms with Gasteiger partial charge in [-0.3, -0.25) is 13.5 Å². The zero-order valence-electron chi connectivity index (χ0n) is 15.5. The van der Waals surface area contributed by atoms with E-state index in [2.05, 4.69) is 10.3 Å². The molecule has 4 rings (SSSR count). The number of primary amides is 1. The Bertz CT molecular complexity index is 927. The minimum Gasteiger partial charge on any atom is -0.491 e. The van der Waals surface area contributed by atoms with Gasteiger partial charge in [-0.2, -0.15) is 0 Å². The van der Waals surface area contributed by atoms with E-state index in [0.29, 0.717) is 36.0 Å². The Morgan fingerprint density at radius 3 is 3.00 bits per heavy atom. The largest absolute Gasteiger partial charge is 0.491 e. The van der Waals surface area contributed by atoms with E-state index in [1.807, 2.05) is 0 Å². The number of imidazole rings is 1. The van der Waals surface area contributed by atoms with Crippen molar-refractivity contribution in [2.75, 3.05) is 22.8 Å². The second kappa shape index (κ2) is 7.69. The first-order chi connectivity index (χ1) is 13.8. The first-order valence-corrected chi connectivity index (χ1v) is 10.1. The van der Waals surface area contributed by atoms with Crippen molar-refractivity contribution in [1.29, 1.82) is 0 Å². The molecule has 29 heavy (non-hydrogen) atoms. The highest BCUT2D eigenvalue weighted by Gasteiger charge is 2.39. The van der Waals surface area contributed by atoms with Crippen LogP contribution in [-0.4, -0.2) is 51.7 Å². The number of ether oxygens (including phenoxy) is 1. The molecule has 3 atom stereocenters. The van der Waals surface area contributed by atoms with Crippen LogP contribution in [0.15, 0.2) is 24.4 Å². The minimum absolute atomic E-state index is 0.230. The summed E-state index contributed by atoms with van der Waals surface area (Å²) in [6.07, 6.45) is -1.06. The van der Waals surface area contributed by atoms with Gasteiger partial charge in [0.2, 0.25) is 5.91 Å². The first-order valence-electron chi connectivity index (χ1n) is 8.94. The van der Waals surface area contributed by atoms with Crippen molar-refractivity contribution >= 4 is 29.1 Å². The number of nitrogens with zero attached hydrogens (tertiary/aromatic N) is 3. The van der Waals surface area contributed by atoms with Crippen molar-refractivity contribution in [1.82, 2.24) is 9.55 Å². The Labute approximate surface area is 168 Å². The third-order valence-corrected chi connectivity index (χ3v) is 6.02. The maximum atomic E-state index is 13.3. The van der Waals surface area contributed by atoms with E-state index in [-0.39, 0.29) is 12.4 Å². The van der Waals surface area contributed by atoms with Gasteiger partial charge >= 0.3 is 0 Å². The predicted molar refractivity (Wildman–Crippen MR) is 105 cm³/mol. The van der Waals surface area contributed by atoms with Crippen molar-refractivity contribution in [2.24, 2.45) is 5.73 Å². The van der Waals surface area contributed by atoms with Gasteiger partial charge in [-0.25, -0.2) is 18.1 Å². The van der Waals surface area contributed by atoms with Gasteiger partial charge in [0.1, 0.15) is 36.9 Å². The molecule has 1 unspecified atom stereocenters. The quantitative estimate of drug-likeness (QED) is 0.538. The summed E-state index contributed by atoms with van der Waals surface area (Å²) in [5.41, 5.74) is 6.60. The number of thiol groups is 1. The summed E-state index contributed by atoms with van der Waals surface area (Å²) in [6, 6.07) is 3.46. The van der Waals surface area contributed by atoms with Crippen LogP contribution in [0.3, 0.4) is 0 Å². The lowest BCUT2D eigenvalue weighted by Crippen LogP contribution is -2.35. The fraction of sp³-hybridized carbons (Fsp3) is 0.412. The van der Waals surface area contributed by atoms with E-state index >= 15 is 0 Å².